The van der Waals surface area contributed by atoms with Crippen molar-refractivity contribution < 1.29 is 14.3 Å². The first-order valence-electron chi connectivity index (χ1n) is 7.65. The topological polar surface area (TPSA) is 55.4 Å². The first-order valence-corrected chi connectivity index (χ1v) is 8.47. The fraction of sp³-hybridized carbons (Fsp3) is 0.625. The van der Waals surface area contributed by atoms with Crippen molar-refractivity contribution in [3.05, 3.63) is 16.5 Å². The van der Waals surface area contributed by atoms with Gasteiger partial charge in [-0.2, -0.15) is 0 Å². The Hall–Kier alpha value is -1.36. The summed E-state index contributed by atoms with van der Waals surface area (Å²) in [5, 5.41) is 3.58. The molecule has 118 valence electrons. The lowest BCUT2D eigenvalue weighted by Crippen LogP contribution is -2.09. The Labute approximate surface area is 130 Å². The zero-order valence-electron chi connectivity index (χ0n) is 13.2. The van der Waals surface area contributed by atoms with E-state index in [0.717, 1.165) is 18.4 Å². The lowest BCUT2D eigenvalue weighted by Gasteiger charge is -2.02. The van der Waals surface area contributed by atoms with Crippen LogP contribution in [0.2, 0.25) is 0 Å². The van der Waals surface area contributed by atoms with Crippen LogP contribution in [0.25, 0.3) is 0 Å². The van der Waals surface area contributed by atoms with Gasteiger partial charge in [0.25, 0.3) is 0 Å². The maximum atomic E-state index is 11.8. The molecule has 0 aliphatic rings. The van der Waals surface area contributed by atoms with Crippen LogP contribution >= 0.6 is 11.3 Å². The van der Waals surface area contributed by atoms with Crippen molar-refractivity contribution in [1.82, 2.24) is 0 Å². The average Bonchev–Trinajstić information content (AvgIpc) is 2.79. The summed E-state index contributed by atoms with van der Waals surface area (Å²) in [6.07, 6.45) is 6.18. The molecule has 1 heterocycles. The smallest absolute Gasteiger partial charge is 0.348 e. The van der Waals surface area contributed by atoms with E-state index in [2.05, 4.69) is 12.2 Å². The lowest BCUT2D eigenvalue weighted by atomic mass is 10.1. The Bertz CT molecular complexity index is 468. The standard InChI is InChI=1S/C16H25NO3S/c1-4-6-7-8-9-10-13(18)17-14-11-12(3)15(21-14)16(19)20-5-2/h11H,4-10H2,1-3H3,(H,17,18). The number of carbonyl (C=O) groups excluding carboxylic acids is 2. The van der Waals surface area contributed by atoms with Gasteiger partial charge in [0.2, 0.25) is 5.91 Å². The van der Waals surface area contributed by atoms with Crippen LogP contribution in [0.3, 0.4) is 0 Å². The Morgan fingerprint density at radius 1 is 1.19 bits per heavy atom. The summed E-state index contributed by atoms with van der Waals surface area (Å²) in [4.78, 5) is 24.1. The normalized spacial score (nSPS) is 10.4. The molecule has 0 fully saturated rings. The molecule has 0 saturated heterocycles. The molecule has 0 spiro atoms. The van der Waals surface area contributed by atoms with Gasteiger partial charge in [0.05, 0.1) is 11.6 Å². The highest BCUT2D eigenvalue weighted by atomic mass is 32.1. The number of amides is 1. The molecule has 5 heteroatoms. The van der Waals surface area contributed by atoms with Crippen LogP contribution in [0.1, 0.15) is 67.6 Å². The van der Waals surface area contributed by atoms with Gasteiger partial charge in [0, 0.05) is 6.42 Å². The average molecular weight is 311 g/mol. The second-order valence-electron chi connectivity index (χ2n) is 5.06. The molecular weight excluding hydrogens is 286 g/mol. The van der Waals surface area contributed by atoms with Gasteiger partial charge in [-0.25, -0.2) is 4.79 Å². The SMILES string of the molecule is CCCCCCCC(=O)Nc1cc(C)c(C(=O)OCC)s1. The first-order chi connectivity index (χ1) is 10.1. The predicted octanol–water partition coefficient (Wildman–Crippen LogP) is 4.53. The Kier molecular flexibility index (Phi) is 8.05. The molecule has 0 aliphatic heterocycles. The number of rotatable bonds is 9. The van der Waals surface area contributed by atoms with E-state index in [1.54, 1.807) is 6.92 Å². The van der Waals surface area contributed by atoms with E-state index in [9.17, 15) is 9.59 Å². The van der Waals surface area contributed by atoms with Crippen LogP contribution in [0.15, 0.2) is 6.07 Å². The summed E-state index contributed by atoms with van der Waals surface area (Å²) in [6, 6.07) is 1.83. The first kappa shape index (κ1) is 17.7. The van der Waals surface area contributed by atoms with Crippen LogP contribution in [-0.4, -0.2) is 18.5 Å². The number of hydrogen-bond donors (Lipinski definition) is 1. The number of carbonyl (C=O) groups is 2. The van der Waals surface area contributed by atoms with Crippen LogP contribution in [-0.2, 0) is 9.53 Å². The molecule has 4 nitrogen and oxygen atoms in total. The van der Waals surface area contributed by atoms with Gasteiger partial charge in [0.15, 0.2) is 0 Å². The quantitative estimate of drug-likeness (QED) is 0.538. The van der Waals surface area contributed by atoms with Crippen molar-refractivity contribution in [2.24, 2.45) is 0 Å². The molecule has 0 radical (unpaired) electrons. The number of nitrogens with one attached hydrogen (secondary N) is 1. The fourth-order valence-corrected chi connectivity index (χ4v) is 3.01. The third kappa shape index (κ3) is 6.29. The monoisotopic (exact) mass is 311 g/mol. The molecule has 1 N–H and O–H groups in total. The number of thiophene rings is 1. The molecule has 0 atom stereocenters. The van der Waals surface area contributed by atoms with Crippen molar-refractivity contribution in [3.8, 4) is 0 Å². The minimum absolute atomic E-state index is 0.0168. The van der Waals surface area contributed by atoms with Crippen LogP contribution in [0.5, 0.6) is 0 Å². The second-order valence-corrected chi connectivity index (χ2v) is 6.11. The summed E-state index contributed by atoms with van der Waals surface area (Å²) in [5.74, 6) is -0.303. The number of unbranched alkanes of at least 4 members (excludes halogenated alkanes) is 4. The molecule has 0 bridgehead atoms. The Morgan fingerprint density at radius 3 is 2.57 bits per heavy atom. The molecule has 0 unspecified atom stereocenters. The highest BCUT2D eigenvalue weighted by Crippen LogP contribution is 2.27. The maximum absolute atomic E-state index is 11.8. The summed E-state index contributed by atoms with van der Waals surface area (Å²) in [6.45, 7) is 6.16. The second kappa shape index (κ2) is 9.55. The zero-order valence-corrected chi connectivity index (χ0v) is 14.0. The van der Waals surface area contributed by atoms with E-state index in [-0.39, 0.29) is 11.9 Å². The van der Waals surface area contributed by atoms with Crippen molar-refractivity contribution in [3.63, 3.8) is 0 Å². The molecular formula is C16H25NO3S. The molecule has 1 aromatic heterocycles. The van der Waals surface area contributed by atoms with Gasteiger partial charge in [-0.1, -0.05) is 32.6 Å². The van der Waals surface area contributed by atoms with Crippen LogP contribution in [0, 0.1) is 6.92 Å². The number of ether oxygens (including phenoxy) is 1. The van der Waals surface area contributed by atoms with E-state index < -0.39 is 0 Å². The van der Waals surface area contributed by atoms with Gasteiger partial charge in [-0.3, -0.25) is 4.79 Å². The molecule has 1 rings (SSSR count). The van der Waals surface area contributed by atoms with E-state index in [1.807, 2.05) is 13.0 Å². The molecule has 21 heavy (non-hydrogen) atoms. The Morgan fingerprint density at radius 2 is 1.90 bits per heavy atom. The van der Waals surface area contributed by atoms with Gasteiger partial charge < -0.3 is 10.1 Å². The zero-order chi connectivity index (χ0) is 15.7. The van der Waals surface area contributed by atoms with Gasteiger partial charge >= 0.3 is 5.97 Å². The van der Waals surface area contributed by atoms with Gasteiger partial charge in [-0.05, 0) is 31.9 Å². The highest BCUT2D eigenvalue weighted by molar-refractivity contribution is 7.18. The third-order valence-corrected chi connectivity index (χ3v) is 4.28. The van der Waals surface area contributed by atoms with Gasteiger partial charge in [0.1, 0.15) is 4.88 Å². The van der Waals surface area contributed by atoms with Crippen molar-refractivity contribution in [2.45, 2.75) is 59.3 Å². The lowest BCUT2D eigenvalue weighted by molar-refractivity contribution is -0.116. The number of anilines is 1. The van der Waals surface area contributed by atoms with Gasteiger partial charge in [-0.15, -0.1) is 11.3 Å². The number of aryl methyl sites for hydroxylation is 1. The Balaban J connectivity index is 2.42. The van der Waals surface area contributed by atoms with E-state index in [0.29, 0.717) is 22.9 Å². The van der Waals surface area contributed by atoms with Crippen molar-refractivity contribution in [1.29, 1.82) is 0 Å². The summed E-state index contributed by atoms with van der Waals surface area (Å²) in [7, 11) is 0. The highest BCUT2D eigenvalue weighted by Gasteiger charge is 2.15. The number of hydrogen-bond acceptors (Lipinski definition) is 4. The number of esters is 1. The van der Waals surface area contributed by atoms with E-state index >= 15 is 0 Å². The molecule has 1 amide bonds. The fourth-order valence-electron chi connectivity index (χ4n) is 2.03. The molecule has 0 aromatic carbocycles. The van der Waals surface area contributed by atoms with Crippen LogP contribution in [0.4, 0.5) is 5.00 Å². The summed E-state index contributed by atoms with van der Waals surface area (Å²) < 4.78 is 4.99. The minimum atomic E-state index is -0.319. The van der Waals surface area contributed by atoms with Crippen LogP contribution < -0.4 is 5.32 Å². The largest absolute Gasteiger partial charge is 0.462 e. The van der Waals surface area contributed by atoms with Crippen molar-refractivity contribution in [2.75, 3.05) is 11.9 Å². The third-order valence-electron chi connectivity index (χ3n) is 3.15. The van der Waals surface area contributed by atoms with Crippen molar-refractivity contribution >= 4 is 28.2 Å². The predicted molar refractivity (Wildman–Crippen MR) is 87.0 cm³/mol. The summed E-state index contributed by atoms with van der Waals surface area (Å²) >= 11 is 1.28. The molecule has 0 aliphatic carbocycles. The van der Waals surface area contributed by atoms with E-state index in [1.165, 1.54) is 30.6 Å². The summed E-state index contributed by atoms with van der Waals surface area (Å²) in [5.41, 5.74) is 0.844. The molecule has 0 saturated carbocycles. The molecule has 1 aromatic rings. The van der Waals surface area contributed by atoms with E-state index in [4.69, 9.17) is 4.74 Å². The minimum Gasteiger partial charge on any atom is -0.462 e. The maximum Gasteiger partial charge on any atom is 0.348 e.